The van der Waals surface area contributed by atoms with Crippen LogP contribution in [0.25, 0.3) is 11.1 Å². The molecule has 1 saturated heterocycles. The minimum atomic E-state index is -1.19. The van der Waals surface area contributed by atoms with E-state index in [1.54, 1.807) is 0 Å². The van der Waals surface area contributed by atoms with Gasteiger partial charge in [-0.2, -0.15) is 0 Å². The summed E-state index contributed by atoms with van der Waals surface area (Å²) in [6, 6.07) is 16.5. The Bertz CT molecular complexity index is 813. The van der Waals surface area contributed by atoms with E-state index in [1.165, 1.54) is 24.9 Å². The Balaban J connectivity index is 1.70. The lowest BCUT2D eigenvalue weighted by atomic mass is 10.0. The second-order valence-electron chi connectivity index (χ2n) is 6.41. The third kappa shape index (κ3) is 4.75. The van der Waals surface area contributed by atoms with Gasteiger partial charge >= 0.3 is 5.97 Å². The van der Waals surface area contributed by atoms with Gasteiger partial charge in [-0.3, -0.25) is 5.84 Å². The predicted molar refractivity (Wildman–Crippen MR) is 110 cm³/mol. The molecule has 0 amide bonds. The number of nitrogens with two attached hydrogens (primary N) is 2. The zero-order chi connectivity index (χ0) is 19.2. The molecule has 1 aliphatic rings. The van der Waals surface area contributed by atoms with Gasteiger partial charge in [0.25, 0.3) is 0 Å². The fourth-order valence-electron chi connectivity index (χ4n) is 3.15. The van der Waals surface area contributed by atoms with Crippen LogP contribution in [0.5, 0.6) is 0 Å². The lowest BCUT2D eigenvalue weighted by molar-refractivity contribution is -0.133. The van der Waals surface area contributed by atoms with Crippen LogP contribution in [-0.4, -0.2) is 24.2 Å². The molecule has 3 rings (SSSR count). The number of nitrogens with one attached hydrogen (secondary N) is 1. The van der Waals surface area contributed by atoms with Gasteiger partial charge in [-0.05, 0) is 54.7 Å². The predicted octanol–water partition coefficient (Wildman–Crippen LogP) is 3.11. The first-order valence-electron chi connectivity index (χ1n) is 8.91. The molecular weight excluding hydrogens is 360 g/mol. The zero-order valence-corrected chi connectivity index (χ0v) is 15.8. The van der Waals surface area contributed by atoms with E-state index >= 15 is 0 Å². The molecule has 0 atom stereocenters. The maximum atomic E-state index is 11.0. The van der Waals surface area contributed by atoms with Crippen LogP contribution in [0.4, 0.5) is 5.69 Å². The molecule has 0 bridgehead atoms. The van der Waals surface area contributed by atoms with Crippen molar-refractivity contribution in [1.29, 1.82) is 0 Å². The first kappa shape index (κ1) is 19.1. The molecular formula is C20H24N4O2S. The largest absolute Gasteiger partial charge is 0.476 e. The van der Waals surface area contributed by atoms with Gasteiger partial charge in [0, 0.05) is 23.7 Å². The average Bonchev–Trinajstić information content (AvgIpc) is 2.70. The third-order valence-corrected chi connectivity index (χ3v) is 5.54. The Kier molecular flexibility index (Phi) is 6.26. The molecule has 1 heterocycles. The van der Waals surface area contributed by atoms with E-state index in [0.717, 1.165) is 40.9 Å². The molecule has 6 nitrogen and oxygen atoms in total. The smallest absolute Gasteiger partial charge is 0.356 e. The molecule has 0 radical (unpaired) electrons. The van der Waals surface area contributed by atoms with Crippen LogP contribution in [-0.2, 0) is 4.79 Å². The van der Waals surface area contributed by atoms with Gasteiger partial charge in [0.1, 0.15) is 5.03 Å². The van der Waals surface area contributed by atoms with Crippen LogP contribution < -0.4 is 21.9 Å². The number of hydrogen-bond donors (Lipinski definition) is 4. The maximum Gasteiger partial charge on any atom is 0.356 e. The summed E-state index contributed by atoms with van der Waals surface area (Å²) in [7, 11) is 0. The number of thioether (sulfide) groups is 1. The molecule has 2 aromatic carbocycles. The van der Waals surface area contributed by atoms with Gasteiger partial charge in [0.2, 0.25) is 0 Å². The molecule has 2 aromatic rings. The molecule has 0 aromatic heterocycles. The summed E-state index contributed by atoms with van der Waals surface area (Å²) in [6.45, 7) is 2.27. The molecule has 6 N–H and O–H groups in total. The van der Waals surface area contributed by atoms with Crippen molar-refractivity contribution in [2.75, 3.05) is 18.0 Å². The highest BCUT2D eigenvalue weighted by molar-refractivity contribution is 8.03. The number of carboxylic acid groups (broad SMARTS) is 1. The van der Waals surface area contributed by atoms with Gasteiger partial charge in [0.05, 0.1) is 0 Å². The van der Waals surface area contributed by atoms with Gasteiger partial charge in [-0.1, -0.05) is 36.0 Å². The van der Waals surface area contributed by atoms with Crippen LogP contribution >= 0.6 is 11.8 Å². The number of piperidine rings is 1. The maximum absolute atomic E-state index is 11.0. The average molecular weight is 385 g/mol. The fourth-order valence-corrected chi connectivity index (χ4v) is 3.92. The number of rotatable bonds is 6. The first-order valence-corrected chi connectivity index (χ1v) is 9.73. The van der Waals surface area contributed by atoms with Gasteiger partial charge in [-0.25, -0.2) is 4.79 Å². The summed E-state index contributed by atoms with van der Waals surface area (Å²) in [5, 5.41) is 9.15. The van der Waals surface area contributed by atoms with Crippen molar-refractivity contribution in [3.63, 3.8) is 0 Å². The Morgan fingerprint density at radius 3 is 2.04 bits per heavy atom. The van der Waals surface area contributed by atoms with E-state index in [1.807, 2.05) is 24.3 Å². The van der Waals surface area contributed by atoms with Gasteiger partial charge in [0.15, 0.2) is 5.70 Å². The molecule has 0 spiro atoms. The minimum absolute atomic E-state index is 0.114. The SMILES string of the molecule is NN/C(C(=O)O)=C(\N)Sc1ccc(-c2ccc(N3CCCCC3)cc2)cc1. The van der Waals surface area contributed by atoms with Crippen molar-refractivity contribution >= 4 is 23.4 Å². The summed E-state index contributed by atoms with van der Waals surface area (Å²) in [5.74, 6) is 4.02. The van der Waals surface area contributed by atoms with Crippen molar-refractivity contribution in [3.8, 4) is 11.1 Å². The molecule has 0 unspecified atom stereocenters. The highest BCUT2D eigenvalue weighted by Crippen LogP contribution is 2.29. The lowest BCUT2D eigenvalue weighted by Gasteiger charge is -2.28. The number of aliphatic carboxylic acids is 1. The number of benzene rings is 2. The second kappa shape index (κ2) is 8.83. The topological polar surface area (TPSA) is 105 Å². The Hall–Kier alpha value is -2.64. The van der Waals surface area contributed by atoms with E-state index in [4.69, 9.17) is 16.7 Å². The summed E-state index contributed by atoms with van der Waals surface area (Å²) in [5.41, 5.74) is 11.2. The molecule has 7 heteroatoms. The summed E-state index contributed by atoms with van der Waals surface area (Å²) in [6.07, 6.45) is 3.86. The van der Waals surface area contributed by atoms with Gasteiger partial charge in [-0.15, -0.1) is 0 Å². The van der Waals surface area contributed by atoms with Crippen molar-refractivity contribution in [3.05, 3.63) is 59.3 Å². The molecule has 27 heavy (non-hydrogen) atoms. The molecule has 142 valence electrons. The number of carboxylic acids is 1. The van der Waals surface area contributed by atoms with Crippen LogP contribution in [0, 0.1) is 0 Å². The van der Waals surface area contributed by atoms with E-state index in [9.17, 15) is 4.79 Å². The minimum Gasteiger partial charge on any atom is -0.476 e. The molecule has 0 aliphatic carbocycles. The Labute approximate surface area is 163 Å². The summed E-state index contributed by atoms with van der Waals surface area (Å²) in [4.78, 5) is 14.3. The number of carbonyl (C=O) groups is 1. The third-order valence-electron chi connectivity index (χ3n) is 4.61. The number of hydrogen-bond acceptors (Lipinski definition) is 6. The standard InChI is InChI=1S/C20H24N4O2S/c21-19(18(23-22)20(25)26)27-17-10-6-15(7-11-17)14-4-8-16(9-5-14)24-12-2-1-3-13-24/h4-11,23H,1-3,12-13,21-22H2,(H,25,26)/b19-18+. The molecule has 1 fully saturated rings. The normalized spacial score (nSPS) is 15.2. The van der Waals surface area contributed by atoms with Crippen LogP contribution in [0.15, 0.2) is 64.2 Å². The number of nitrogens with zero attached hydrogens (tertiary/aromatic N) is 1. The Morgan fingerprint density at radius 1 is 0.963 bits per heavy atom. The van der Waals surface area contributed by atoms with Crippen LogP contribution in [0.3, 0.4) is 0 Å². The Morgan fingerprint density at radius 2 is 1.52 bits per heavy atom. The lowest BCUT2D eigenvalue weighted by Crippen LogP contribution is -2.29. The van der Waals surface area contributed by atoms with Crippen LogP contribution in [0.2, 0.25) is 0 Å². The van der Waals surface area contributed by atoms with Gasteiger partial charge < -0.3 is 21.2 Å². The van der Waals surface area contributed by atoms with E-state index < -0.39 is 5.97 Å². The molecule has 0 saturated carbocycles. The quantitative estimate of drug-likeness (QED) is 0.262. The molecule has 1 aliphatic heterocycles. The van der Waals surface area contributed by atoms with Crippen molar-refractivity contribution in [2.45, 2.75) is 24.2 Å². The van der Waals surface area contributed by atoms with Crippen molar-refractivity contribution < 1.29 is 9.90 Å². The van der Waals surface area contributed by atoms with E-state index in [-0.39, 0.29) is 10.7 Å². The summed E-state index contributed by atoms with van der Waals surface area (Å²) < 4.78 is 0. The number of anilines is 1. The number of hydrazine groups is 1. The van der Waals surface area contributed by atoms with Crippen molar-refractivity contribution in [2.24, 2.45) is 11.6 Å². The van der Waals surface area contributed by atoms with E-state index in [2.05, 4.69) is 34.6 Å². The zero-order valence-electron chi connectivity index (χ0n) is 15.0. The first-order chi connectivity index (χ1) is 13.1. The fraction of sp³-hybridized carbons (Fsp3) is 0.250. The highest BCUT2D eigenvalue weighted by Gasteiger charge is 2.13. The monoisotopic (exact) mass is 384 g/mol. The van der Waals surface area contributed by atoms with Crippen LogP contribution in [0.1, 0.15) is 19.3 Å². The van der Waals surface area contributed by atoms with Crippen molar-refractivity contribution in [1.82, 2.24) is 5.43 Å². The highest BCUT2D eigenvalue weighted by atomic mass is 32.2. The second-order valence-corrected chi connectivity index (χ2v) is 7.53. The van der Waals surface area contributed by atoms with E-state index in [0.29, 0.717) is 0 Å². The summed E-state index contributed by atoms with van der Waals surface area (Å²) >= 11 is 1.16.